The summed E-state index contributed by atoms with van der Waals surface area (Å²) >= 11 is 0. The molecule has 1 aliphatic heterocycles. The summed E-state index contributed by atoms with van der Waals surface area (Å²) in [5.41, 5.74) is 0.669. The number of aromatic nitrogens is 3. The van der Waals surface area contributed by atoms with E-state index in [1.807, 2.05) is 49.9 Å². The van der Waals surface area contributed by atoms with Crippen molar-refractivity contribution in [1.29, 1.82) is 0 Å². The Bertz CT molecular complexity index is 789. The third-order valence-electron chi connectivity index (χ3n) is 4.84. The van der Waals surface area contributed by atoms with E-state index >= 15 is 0 Å². The summed E-state index contributed by atoms with van der Waals surface area (Å²) in [5.74, 6) is 2.26. The van der Waals surface area contributed by atoms with E-state index in [0.717, 1.165) is 23.6 Å². The third-order valence-corrected chi connectivity index (χ3v) is 4.84. The molecule has 0 spiro atoms. The Morgan fingerprint density at radius 2 is 2.12 bits per heavy atom. The number of benzene rings is 1. The molecule has 0 N–H and O–H groups in total. The molecule has 140 valence electrons. The lowest BCUT2D eigenvalue weighted by Crippen LogP contribution is -2.43. The minimum Gasteiger partial charge on any atom is -0.491 e. The van der Waals surface area contributed by atoms with E-state index in [1.54, 1.807) is 11.8 Å². The molecule has 0 saturated carbocycles. The smallest absolute Gasteiger partial charge is 0.244 e. The number of carbonyl (C=O) groups is 1. The number of rotatable bonds is 6. The van der Waals surface area contributed by atoms with Crippen molar-refractivity contribution in [1.82, 2.24) is 19.7 Å². The van der Waals surface area contributed by atoms with Crippen LogP contribution in [-0.4, -0.2) is 58.0 Å². The molecule has 7 nitrogen and oxygen atoms in total. The summed E-state index contributed by atoms with van der Waals surface area (Å²) in [4.78, 5) is 18.7. The lowest BCUT2D eigenvalue weighted by molar-refractivity contribution is -0.132. The van der Waals surface area contributed by atoms with Crippen LogP contribution < -0.4 is 4.74 Å². The summed E-state index contributed by atoms with van der Waals surface area (Å²) in [6.07, 6.45) is 0.746. The van der Waals surface area contributed by atoms with Crippen molar-refractivity contribution in [2.75, 3.05) is 26.8 Å². The number of amides is 1. The van der Waals surface area contributed by atoms with Crippen molar-refractivity contribution in [3.05, 3.63) is 41.5 Å². The molecule has 7 heteroatoms. The van der Waals surface area contributed by atoms with Gasteiger partial charge in [-0.2, -0.15) is 5.10 Å². The molecule has 1 aromatic heterocycles. The van der Waals surface area contributed by atoms with Crippen molar-refractivity contribution < 1.29 is 14.3 Å². The highest BCUT2D eigenvalue weighted by molar-refractivity contribution is 5.76. The van der Waals surface area contributed by atoms with E-state index < -0.39 is 5.60 Å². The maximum atomic E-state index is 12.6. The van der Waals surface area contributed by atoms with E-state index in [2.05, 4.69) is 10.1 Å². The van der Waals surface area contributed by atoms with Gasteiger partial charge < -0.3 is 14.4 Å². The molecule has 1 aromatic carbocycles. The molecule has 2 heterocycles. The van der Waals surface area contributed by atoms with Crippen molar-refractivity contribution in [3.8, 4) is 5.75 Å². The fourth-order valence-electron chi connectivity index (χ4n) is 3.26. The van der Waals surface area contributed by atoms with E-state index in [1.165, 1.54) is 0 Å². The molecular formula is C19H26N4O3. The van der Waals surface area contributed by atoms with Crippen LogP contribution in [0.25, 0.3) is 0 Å². The molecule has 1 amide bonds. The molecule has 26 heavy (non-hydrogen) atoms. The number of aryl methyl sites for hydroxylation is 3. The highest BCUT2D eigenvalue weighted by atomic mass is 16.5. The standard InChI is InChI=1S/C19H26N4O3/c1-14-6-5-7-17(10-14)26-13-19(25-4)8-9-22(12-19)18(24)11-23-16(3)20-15(2)21-23/h5-7,10H,8-9,11-13H2,1-4H3. The van der Waals surface area contributed by atoms with Crippen molar-refractivity contribution >= 4 is 5.91 Å². The van der Waals surface area contributed by atoms with Crippen LogP contribution in [0.15, 0.2) is 24.3 Å². The van der Waals surface area contributed by atoms with Gasteiger partial charge in [-0.1, -0.05) is 12.1 Å². The second kappa shape index (κ2) is 7.45. The molecule has 1 aliphatic rings. The summed E-state index contributed by atoms with van der Waals surface area (Å²) < 4.78 is 13.3. The van der Waals surface area contributed by atoms with Crippen LogP contribution in [0.2, 0.25) is 0 Å². The first-order valence-electron chi connectivity index (χ1n) is 8.81. The Hall–Kier alpha value is -2.41. The maximum Gasteiger partial charge on any atom is 0.244 e. The Morgan fingerprint density at radius 1 is 1.31 bits per heavy atom. The van der Waals surface area contributed by atoms with Gasteiger partial charge in [-0.25, -0.2) is 9.67 Å². The van der Waals surface area contributed by atoms with Crippen LogP contribution in [0.3, 0.4) is 0 Å². The lowest BCUT2D eigenvalue weighted by Gasteiger charge is -2.28. The van der Waals surface area contributed by atoms with Gasteiger partial charge in [0.2, 0.25) is 5.91 Å². The first-order valence-corrected chi connectivity index (χ1v) is 8.81. The largest absolute Gasteiger partial charge is 0.491 e. The van der Waals surface area contributed by atoms with E-state index in [0.29, 0.717) is 25.5 Å². The fraction of sp³-hybridized carbons (Fsp3) is 0.526. The number of hydrogen-bond acceptors (Lipinski definition) is 5. The van der Waals surface area contributed by atoms with Crippen LogP contribution in [0, 0.1) is 20.8 Å². The number of hydrogen-bond donors (Lipinski definition) is 0. The van der Waals surface area contributed by atoms with Gasteiger partial charge in [0.1, 0.15) is 36.2 Å². The highest BCUT2D eigenvalue weighted by Gasteiger charge is 2.41. The predicted molar refractivity (Wildman–Crippen MR) is 97.1 cm³/mol. The zero-order valence-corrected chi connectivity index (χ0v) is 15.9. The monoisotopic (exact) mass is 358 g/mol. The average molecular weight is 358 g/mol. The fourth-order valence-corrected chi connectivity index (χ4v) is 3.26. The van der Waals surface area contributed by atoms with Crippen molar-refractivity contribution in [2.24, 2.45) is 0 Å². The summed E-state index contributed by atoms with van der Waals surface area (Å²) in [6.45, 7) is 7.48. The minimum atomic E-state index is -0.479. The van der Waals surface area contributed by atoms with Crippen molar-refractivity contribution in [2.45, 2.75) is 39.3 Å². The van der Waals surface area contributed by atoms with E-state index in [9.17, 15) is 4.79 Å². The quantitative estimate of drug-likeness (QED) is 0.789. The van der Waals surface area contributed by atoms with Crippen molar-refractivity contribution in [3.63, 3.8) is 0 Å². The predicted octanol–water partition coefficient (Wildman–Crippen LogP) is 1.90. The highest BCUT2D eigenvalue weighted by Crippen LogP contribution is 2.27. The Kier molecular flexibility index (Phi) is 5.27. The van der Waals surface area contributed by atoms with Gasteiger partial charge in [0, 0.05) is 13.7 Å². The topological polar surface area (TPSA) is 69.5 Å². The number of carbonyl (C=O) groups excluding carboxylic acids is 1. The van der Waals surface area contributed by atoms with Gasteiger partial charge in [-0.15, -0.1) is 0 Å². The molecule has 2 aromatic rings. The molecule has 3 rings (SSSR count). The van der Waals surface area contributed by atoms with Crippen LogP contribution >= 0.6 is 0 Å². The Labute approximate surface area is 153 Å². The molecule has 0 radical (unpaired) electrons. The molecule has 1 atom stereocenters. The van der Waals surface area contributed by atoms with E-state index in [4.69, 9.17) is 9.47 Å². The zero-order valence-electron chi connectivity index (χ0n) is 15.9. The minimum absolute atomic E-state index is 0.0208. The van der Waals surface area contributed by atoms with Gasteiger partial charge in [0.15, 0.2) is 0 Å². The lowest BCUT2D eigenvalue weighted by atomic mass is 10.0. The van der Waals surface area contributed by atoms with Crippen LogP contribution in [0.1, 0.15) is 23.6 Å². The average Bonchev–Trinajstić information content (AvgIpc) is 3.17. The number of ether oxygens (including phenoxy) is 2. The summed E-state index contributed by atoms with van der Waals surface area (Å²) in [6, 6.07) is 7.93. The first-order chi connectivity index (χ1) is 12.4. The summed E-state index contributed by atoms with van der Waals surface area (Å²) in [7, 11) is 1.68. The molecular weight excluding hydrogens is 332 g/mol. The molecule has 1 unspecified atom stereocenters. The normalized spacial score (nSPS) is 19.8. The third kappa shape index (κ3) is 4.04. The first kappa shape index (κ1) is 18.4. The van der Waals surface area contributed by atoms with E-state index in [-0.39, 0.29) is 12.5 Å². The molecule has 0 aliphatic carbocycles. The number of likely N-dealkylation sites (tertiary alicyclic amines) is 1. The maximum absolute atomic E-state index is 12.6. The van der Waals surface area contributed by atoms with Crippen LogP contribution in [-0.2, 0) is 16.1 Å². The van der Waals surface area contributed by atoms with Gasteiger partial charge >= 0.3 is 0 Å². The van der Waals surface area contributed by atoms with Gasteiger partial charge in [-0.05, 0) is 44.9 Å². The SMILES string of the molecule is COC1(COc2cccc(C)c2)CCN(C(=O)Cn2nc(C)nc2C)C1. The zero-order chi connectivity index (χ0) is 18.7. The molecule has 1 saturated heterocycles. The van der Waals surface area contributed by atoms with Gasteiger partial charge in [0.05, 0.1) is 6.54 Å². The Morgan fingerprint density at radius 3 is 2.77 bits per heavy atom. The van der Waals surface area contributed by atoms with Crippen LogP contribution in [0.5, 0.6) is 5.75 Å². The number of methoxy groups -OCH3 is 1. The van der Waals surface area contributed by atoms with Gasteiger partial charge in [-0.3, -0.25) is 4.79 Å². The second-order valence-corrected chi connectivity index (χ2v) is 6.92. The Balaban J connectivity index is 1.61. The number of nitrogens with zero attached hydrogens (tertiary/aromatic N) is 4. The molecule has 1 fully saturated rings. The van der Waals surface area contributed by atoms with Crippen LogP contribution in [0.4, 0.5) is 0 Å². The summed E-state index contributed by atoms with van der Waals surface area (Å²) in [5, 5.41) is 4.26. The van der Waals surface area contributed by atoms with Gasteiger partial charge in [0.25, 0.3) is 0 Å². The molecule has 0 bridgehead atoms. The second-order valence-electron chi connectivity index (χ2n) is 6.92.